The van der Waals surface area contributed by atoms with Gasteiger partial charge in [-0.15, -0.1) is 0 Å². The van der Waals surface area contributed by atoms with E-state index in [0.29, 0.717) is 0 Å². The minimum absolute atomic E-state index is 0.00542. The lowest BCUT2D eigenvalue weighted by Gasteiger charge is -2.18. The van der Waals surface area contributed by atoms with Gasteiger partial charge in [-0.25, -0.2) is 0 Å². The summed E-state index contributed by atoms with van der Waals surface area (Å²) in [6.45, 7) is 0.848. The van der Waals surface area contributed by atoms with Gasteiger partial charge >= 0.3 is 4.87 Å². The molecule has 0 saturated heterocycles. The number of aromatic nitrogens is 1. The molecule has 0 aliphatic carbocycles. The molecule has 1 aromatic rings. The summed E-state index contributed by atoms with van der Waals surface area (Å²) in [6, 6.07) is 0. The van der Waals surface area contributed by atoms with Gasteiger partial charge in [0.15, 0.2) is 0 Å². The topological polar surface area (TPSA) is 70.9 Å². The number of aromatic amines is 1. The van der Waals surface area contributed by atoms with Crippen LogP contribution in [0.1, 0.15) is 16.7 Å². The lowest BCUT2D eigenvalue weighted by molar-refractivity contribution is 0.525. The van der Waals surface area contributed by atoms with Gasteiger partial charge in [0.2, 0.25) is 0 Å². The number of hydrogen-bond acceptors (Lipinski definition) is 4. The van der Waals surface area contributed by atoms with E-state index in [2.05, 4.69) is 10.3 Å². The zero-order chi connectivity index (χ0) is 7.84. The highest BCUT2D eigenvalue weighted by atomic mass is 32.1. The third-order valence-corrected chi connectivity index (χ3v) is 2.78. The largest absolute Gasteiger partial charge is 0.316 e. The van der Waals surface area contributed by atoms with Gasteiger partial charge in [-0.05, 0) is 0 Å². The van der Waals surface area contributed by atoms with Gasteiger partial charge in [0.05, 0.1) is 11.0 Å². The van der Waals surface area contributed by atoms with Crippen molar-refractivity contribution >= 4 is 11.3 Å². The highest BCUT2D eigenvalue weighted by molar-refractivity contribution is 7.09. The molecule has 0 fully saturated rings. The van der Waals surface area contributed by atoms with Gasteiger partial charge in [0.25, 0.3) is 0 Å². The summed E-state index contributed by atoms with van der Waals surface area (Å²) in [5, 5.41) is 3.08. The quantitative estimate of drug-likeness (QED) is 0.494. The summed E-state index contributed by atoms with van der Waals surface area (Å²) in [4.78, 5) is 14.6. The van der Waals surface area contributed by atoms with Crippen molar-refractivity contribution in [1.29, 1.82) is 0 Å². The van der Waals surface area contributed by atoms with Crippen LogP contribution in [0.5, 0.6) is 0 Å². The van der Waals surface area contributed by atoms with Gasteiger partial charge in [-0.2, -0.15) is 0 Å². The number of rotatable bonds is 0. The van der Waals surface area contributed by atoms with Crippen molar-refractivity contribution in [3.63, 3.8) is 0 Å². The molecule has 4 nitrogen and oxygen atoms in total. The Bertz CT molecular complexity index is 316. The zero-order valence-electron chi connectivity index (χ0n) is 5.89. The first-order valence-corrected chi connectivity index (χ1v) is 4.30. The molecule has 0 aromatic carbocycles. The number of hydrogen-bond donors (Lipinski definition) is 3. The molecule has 2 heterocycles. The Kier molecular flexibility index (Phi) is 1.56. The SMILES string of the molecule is NC1NCCc2[nH]c(=O)sc21. The van der Waals surface area contributed by atoms with E-state index in [1.807, 2.05) is 0 Å². The summed E-state index contributed by atoms with van der Waals surface area (Å²) in [6.07, 6.45) is 0.726. The maximum absolute atomic E-state index is 10.9. The summed E-state index contributed by atoms with van der Waals surface area (Å²) >= 11 is 1.20. The fraction of sp³-hybridized carbons (Fsp3) is 0.500. The van der Waals surface area contributed by atoms with Crippen LogP contribution in [-0.4, -0.2) is 11.5 Å². The van der Waals surface area contributed by atoms with E-state index in [1.54, 1.807) is 0 Å². The monoisotopic (exact) mass is 171 g/mol. The number of H-pyrrole nitrogens is 1. The average Bonchev–Trinajstić information content (AvgIpc) is 2.31. The van der Waals surface area contributed by atoms with Crippen LogP contribution in [0.25, 0.3) is 0 Å². The standard InChI is InChI=1S/C6H9N3OS/c7-5-4-3(1-2-8-5)9-6(10)11-4/h5,8H,1-2,7H2,(H,9,10). The summed E-state index contributed by atoms with van der Waals surface area (Å²) in [7, 11) is 0. The fourth-order valence-electron chi connectivity index (χ4n) is 1.25. The zero-order valence-corrected chi connectivity index (χ0v) is 6.70. The molecular formula is C6H9N3OS. The predicted octanol–water partition coefficient (Wildman–Crippen LogP) is -0.461. The van der Waals surface area contributed by atoms with Crippen molar-refractivity contribution in [2.24, 2.45) is 5.73 Å². The van der Waals surface area contributed by atoms with E-state index in [0.717, 1.165) is 23.5 Å². The first kappa shape index (κ1) is 7.02. The lowest BCUT2D eigenvalue weighted by Crippen LogP contribution is -2.34. The Labute approximate surface area is 67.4 Å². The van der Waals surface area contributed by atoms with Crippen LogP contribution < -0.4 is 15.9 Å². The third kappa shape index (κ3) is 1.11. The molecule has 0 spiro atoms. The molecule has 1 aromatic heterocycles. The smallest absolute Gasteiger partial charge is 0.305 e. The van der Waals surface area contributed by atoms with E-state index >= 15 is 0 Å². The summed E-state index contributed by atoms with van der Waals surface area (Å²) < 4.78 is 0. The van der Waals surface area contributed by atoms with Crippen LogP contribution in [0, 0.1) is 0 Å². The molecular weight excluding hydrogens is 162 g/mol. The van der Waals surface area contributed by atoms with Crippen molar-refractivity contribution in [3.05, 3.63) is 20.2 Å². The second-order valence-corrected chi connectivity index (χ2v) is 3.55. The molecule has 60 valence electrons. The van der Waals surface area contributed by atoms with Crippen LogP contribution in [0.3, 0.4) is 0 Å². The molecule has 1 aliphatic heterocycles. The number of nitrogens with one attached hydrogen (secondary N) is 2. The Hall–Kier alpha value is -0.650. The molecule has 1 atom stereocenters. The van der Waals surface area contributed by atoms with E-state index in [1.165, 1.54) is 11.3 Å². The normalized spacial score (nSPS) is 23.2. The predicted molar refractivity (Wildman–Crippen MR) is 43.6 cm³/mol. The molecule has 1 aliphatic rings. The minimum Gasteiger partial charge on any atom is -0.316 e. The molecule has 0 radical (unpaired) electrons. The molecule has 0 saturated carbocycles. The van der Waals surface area contributed by atoms with E-state index in [9.17, 15) is 4.79 Å². The third-order valence-electron chi connectivity index (χ3n) is 1.77. The molecule has 1 unspecified atom stereocenters. The van der Waals surface area contributed by atoms with Gasteiger partial charge in [0, 0.05) is 18.7 Å². The van der Waals surface area contributed by atoms with Crippen LogP contribution in [-0.2, 0) is 6.42 Å². The van der Waals surface area contributed by atoms with Crippen LogP contribution in [0.4, 0.5) is 0 Å². The highest BCUT2D eigenvalue weighted by Crippen LogP contribution is 2.18. The van der Waals surface area contributed by atoms with Crippen LogP contribution in [0.15, 0.2) is 4.79 Å². The Morgan fingerprint density at radius 2 is 2.45 bits per heavy atom. The number of fused-ring (bicyclic) bond motifs is 1. The Balaban J connectivity index is 2.52. The molecule has 2 rings (SSSR count). The van der Waals surface area contributed by atoms with Crippen molar-refractivity contribution < 1.29 is 0 Å². The van der Waals surface area contributed by atoms with Crippen molar-refractivity contribution in [2.75, 3.05) is 6.54 Å². The fourth-order valence-corrected chi connectivity index (χ4v) is 2.11. The van der Waals surface area contributed by atoms with Gasteiger partial charge in [0.1, 0.15) is 0 Å². The molecule has 4 N–H and O–H groups in total. The van der Waals surface area contributed by atoms with Crippen molar-refractivity contribution in [1.82, 2.24) is 10.3 Å². The second kappa shape index (κ2) is 2.44. The molecule has 5 heteroatoms. The minimum atomic E-state index is -0.150. The van der Waals surface area contributed by atoms with Gasteiger partial charge < -0.3 is 10.7 Å². The van der Waals surface area contributed by atoms with E-state index in [-0.39, 0.29) is 11.0 Å². The molecule has 11 heavy (non-hydrogen) atoms. The average molecular weight is 171 g/mol. The van der Waals surface area contributed by atoms with Gasteiger partial charge in [-0.3, -0.25) is 10.1 Å². The maximum Gasteiger partial charge on any atom is 0.305 e. The van der Waals surface area contributed by atoms with E-state index < -0.39 is 0 Å². The van der Waals surface area contributed by atoms with Crippen LogP contribution >= 0.6 is 11.3 Å². The van der Waals surface area contributed by atoms with Crippen molar-refractivity contribution in [3.8, 4) is 0 Å². The maximum atomic E-state index is 10.9. The van der Waals surface area contributed by atoms with Crippen molar-refractivity contribution in [2.45, 2.75) is 12.6 Å². The Morgan fingerprint density at radius 3 is 3.18 bits per heavy atom. The molecule has 0 amide bonds. The highest BCUT2D eigenvalue weighted by Gasteiger charge is 2.18. The summed E-state index contributed by atoms with van der Waals surface area (Å²) in [5.74, 6) is 0. The van der Waals surface area contributed by atoms with Crippen LogP contribution in [0.2, 0.25) is 0 Å². The number of nitrogens with two attached hydrogens (primary N) is 1. The van der Waals surface area contributed by atoms with E-state index in [4.69, 9.17) is 5.73 Å². The Morgan fingerprint density at radius 1 is 1.64 bits per heavy atom. The van der Waals surface area contributed by atoms with Gasteiger partial charge in [-0.1, -0.05) is 11.3 Å². The summed E-state index contributed by atoms with van der Waals surface area (Å²) in [5.41, 5.74) is 6.71. The first-order valence-electron chi connectivity index (χ1n) is 3.48. The first-order chi connectivity index (χ1) is 5.27. The number of thiazole rings is 1. The second-order valence-electron chi connectivity index (χ2n) is 2.54. The lowest BCUT2D eigenvalue weighted by atomic mass is 10.2. The molecule has 0 bridgehead atoms.